The molecule has 2 fully saturated rings. The van der Waals surface area contributed by atoms with Crippen molar-refractivity contribution in [1.29, 1.82) is 0 Å². The van der Waals surface area contributed by atoms with Gasteiger partial charge in [0.2, 0.25) is 0 Å². The summed E-state index contributed by atoms with van der Waals surface area (Å²) in [6.07, 6.45) is 3.91. The van der Waals surface area contributed by atoms with Gasteiger partial charge >= 0.3 is 0 Å². The average Bonchev–Trinajstić information content (AvgIpc) is 2.72. The standard InChI is InChI=1S/C24H25BrN2O3/c1-26-8-10-27(11-9-26)18-12-20(13-18)30-19-6-7-21-23(14-19)29-15-22(24(21)28)16-2-4-17(25)5-3-16/h2-7,14-15,18,20H,8-13H2,1H3. The van der Waals surface area contributed by atoms with Crippen LogP contribution in [0.5, 0.6) is 5.75 Å². The summed E-state index contributed by atoms with van der Waals surface area (Å²) in [6, 6.07) is 13.8. The molecule has 5 nitrogen and oxygen atoms in total. The summed E-state index contributed by atoms with van der Waals surface area (Å²) in [6.45, 7) is 4.59. The number of halogens is 1. The van der Waals surface area contributed by atoms with Gasteiger partial charge in [-0.05, 0) is 36.9 Å². The predicted molar refractivity (Wildman–Crippen MR) is 122 cm³/mol. The highest BCUT2D eigenvalue weighted by Gasteiger charge is 2.36. The summed E-state index contributed by atoms with van der Waals surface area (Å²) in [4.78, 5) is 17.9. The number of nitrogens with zero attached hydrogens (tertiary/aromatic N) is 2. The van der Waals surface area contributed by atoms with Gasteiger partial charge in [-0.1, -0.05) is 28.1 Å². The van der Waals surface area contributed by atoms with Crippen LogP contribution < -0.4 is 10.2 Å². The lowest BCUT2D eigenvalue weighted by molar-refractivity contribution is -0.00190. The fraction of sp³-hybridized carbons (Fsp3) is 0.375. The van der Waals surface area contributed by atoms with E-state index in [1.54, 1.807) is 6.26 Å². The first kappa shape index (κ1) is 19.8. The second kappa shape index (κ2) is 8.17. The van der Waals surface area contributed by atoms with Crippen molar-refractivity contribution in [2.24, 2.45) is 0 Å². The van der Waals surface area contributed by atoms with Gasteiger partial charge in [0.15, 0.2) is 5.43 Å². The third kappa shape index (κ3) is 3.92. The Bertz CT molecular complexity index is 1100. The smallest absolute Gasteiger partial charge is 0.200 e. The second-order valence-corrected chi connectivity index (χ2v) is 9.26. The molecule has 2 aromatic carbocycles. The second-order valence-electron chi connectivity index (χ2n) is 8.35. The maximum Gasteiger partial charge on any atom is 0.200 e. The summed E-state index contributed by atoms with van der Waals surface area (Å²) in [5, 5.41) is 0.576. The number of ether oxygens (including phenoxy) is 1. The average molecular weight is 469 g/mol. The Morgan fingerprint density at radius 1 is 1.03 bits per heavy atom. The summed E-state index contributed by atoms with van der Waals surface area (Å²) in [5.41, 5.74) is 1.95. The highest BCUT2D eigenvalue weighted by Crippen LogP contribution is 2.32. The molecule has 0 atom stereocenters. The number of hydrogen-bond donors (Lipinski definition) is 0. The monoisotopic (exact) mass is 468 g/mol. The molecule has 6 heteroatoms. The molecule has 0 spiro atoms. The van der Waals surface area contributed by atoms with Gasteiger partial charge in [0.05, 0.1) is 10.9 Å². The van der Waals surface area contributed by atoms with Crippen molar-refractivity contribution in [3.63, 3.8) is 0 Å². The molecule has 0 radical (unpaired) electrons. The molecule has 5 rings (SSSR count). The van der Waals surface area contributed by atoms with E-state index in [9.17, 15) is 4.79 Å². The van der Waals surface area contributed by atoms with Gasteiger partial charge in [-0.25, -0.2) is 0 Å². The van der Waals surface area contributed by atoms with Crippen LogP contribution in [0.25, 0.3) is 22.1 Å². The summed E-state index contributed by atoms with van der Waals surface area (Å²) in [5.74, 6) is 0.767. The van der Waals surface area contributed by atoms with Gasteiger partial charge in [-0.2, -0.15) is 0 Å². The van der Waals surface area contributed by atoms with Crippen molar-refractivity contribution in [1.82, 2.24) is 9.80 Å². The zero-order valence-corrected chi connectivity index (χ0v) is 18.6. The Labute approximate surface area is 184 Å². The molecular weight excluding hydrogens is 444 g/mol. The van der Waals surface area contributed by atoms with E-state index in [1.165, 1.54) is 0 Å². The minimum Gasteiger partial charge on any atom is -0.490 e. The Morgan fingerprint density at radius 3 is 2.50 bits per heavy atom. The quantitative estimate of drug-likeness (QED) is 0.568. The third-order valence-electron chi connectivity index (χ3n) is 6.33. The Hall–Kier alpha value is -2.15. The van der Waals surface area contributed by atoms with Crippen LogP contribution in [0.1, 0.15) is 12.8 Å². The van der Waals surface area contributed by atoms with E-state index < -0.39 is 0 Å². The maximum absolute atomic E-state index is 12.9. The van der Waals surface area contributed by atoms with Gasteiger partial charge in [0.25, 0.3) is 0 Å². The van der Waals surface area contributed by atoms with Crippen LogP contribution in [0, 0.1) is 0 Å². The number of benzene rings is 2. The maximum atomic E-state index is 12.9. The Balaban J connectivity index is 1.27. The first-order chi connectivity index (χ1) is 14.6. The van der Waals surface area contributed by atoms with E-state index in [1.807, 2.05) is 42.5 Å². The molecule has 0 amide bonds. The zero-order valence-electron chi connectivity index (χ0n) is 17.0. The number of likely N-dealkylation sites (N-methyl/N-ethyl adjacent to an activating group) is 1. The summed E-state index contributed by atoms with van der Waals surface area (Å²) < 4.78 is 12.9. The molecule has 156 valence electrons. The van der Waals surface area contributed by atoms with Crippen LogP contribution in [0.15, 0.2) is 62.4 Å². The molecule has 3 aromatic rings. The number of hydrogen-bond acceptors (Lipinski definition) is 5. The van der Waals surface area contributed by atoms with Gasteiger partial charge in [-0.3, -0.25) is 9.69 Å². The van der Waals surface area contributed by atoms with Crippen LogP contribution in [-0.4, -0.2) is 55.2 Å². The van der Waals surface area contributed by atoms with Crippen LogP contribution in [0.4, 0.5) is 0 Å². The Kier molecular flexibility index (Phi) is 5.39. The number of fused-ring (bicyclic) bond motifs is 1. The van der Waals surface area contributed by atoms with Crippen molar-refractivity contribution in [3.05, 3.63) is 63.4 Å². The van der Waals surface area contributed by atoms with Crippen molar-refractivity contribution < 1.29 is 9.15 Å². The topological polar surface area (TPSA) is 45.9 Å². The molecule has 1 aliphatic carbocycles. The molecule has 1 saturated heterocycles. The predicted octanol–water partition coefficient (Wildman–Crippen LogP) is 4.38. The van der Waals surface area contributed by atoms with Gasteiger partial charge in [-0.15, -0.1) is 0 Å². The molecule has 2 heterocycles. The van der Waals surface area contributed by atoms with Crippen molar-refractivity contribution >= 4 is 26.9 Å². The molecule has 2 aliphatic rings. The largest absolute Gasteiger partial charge is 0.490 e. The highest BCUT2D eigenvalue weighted by atomic mass is 79.9. The molecular formula is C24H25BrN2O3. The van der Waals surface area contributed by atoms with Gasteiger partial charge < -0.3 is 14.1 Å². The first-order valence-electron chi connectivity index (χ1n) is 10.5. The molecule has 30 heavy (non-hydrogen) atoms. The number of rotatable bonds is 4. The summed E-state index contributed by atoms with van der Waals surface area (Å²) >= 11 is 3.42. The lowest BCUT2D eigenvalue weighted by atomic mass is 9.87. The Morgan fingerprint density at radius 2 is 1.77 bits per heavy atom. The minimum absolute atomic E-state index is 0.0242. The van der Waals surface area contributed by atoms with Crippen LogP contribution in [-0.2, 0) is 0 Å². The fourth-order valence-electron chi connectivity index (χ4n) is 4.32. The van der Waals surface area contributed by atoms with Crippen LogP contribution in [0.3, 0.4) is 0 Å². The molecule has 1 saturated carbocycles. The van der Waals surface area contributed by atoms with E-state index in [2.05, 4.69) is 32.8 Å². The minimum atomic E-state index is -0.0242. The summed E-state index contributed by atoms with van der Waals surface area (Å²) in [7, 11) is 2.18. The van der Waals surface area contributed by atoms with Crippen LogP contribution in [0.2, 0.25) is 0 Å². The molecule has 1 aliphatic heterocycles. The van der Waals surface area contributed by atoms with E-state index in [-0.39, 0.29) is 11.5 Å². The molecule has 0 bridgehead atoms. The third-order valence-corrected chi connectivity index (χ3v) is 6.86. The normalized spacial score (nSPS) is 22.7. The van der Waals surface area contributed by atoms with Crippen LogP contribution >= 0.6 is 15.9 Å². The first-order valence-corrected chi connectivity index (χ1v) is 11.3. The van der Waals surface area contributed by atoms with Crippen molar-refractivity contribution in [2.75, 3.05) is 33.2 Å². The molecule has 1 aromatic heterocycles. The van der Waals surface area contributed by atoms with Gasteiger partial charge in [0, 0.05) is 55.6 Å². The molecule has 0 N–H and O–H groups in total. The van der Waals surface area contributed by atoms with Gasteiger partial charge in [0.1, 0.15) is 23.7 Å². The highest BCUT2D eigenvalue weighted by molar-refractivity contribution is 9.10. The van der Waals surface area contributed by atoms with E-state index in [0.717, 1.165) is 54.8 Å². The fourth-order valence-corrected chi connectivity index (χ4v) is 4.59. The van der Waals surface area contributed by atoms with E-state index in [4.69, 9.17) is 9.15 Å². The van der Waals surface area contributed by atoms with Crippen molar-refractivity contribution in [2.45, 2.75) is 25.0 Å². The van der Waals surface area contributed by atoms with Crippen molar-refractivity contribution in [3.8, 4) is 16.9 Å². The lowest BCUT2D eigenvalue weighted by Gasteiger charge is -2.45. The van der Waals surface area contributed by atoms with E-state index in [0.29, 0.717) is 22.6 Å². The number of piperazine rings is 1. The zero-order chi connectivity index (χ0) is 20.7. The SMILES string of the molecule is CN1CCN(C2CC(Oc3ccc4c(=O)c(-c5ccc(Br)cc5)coc4c3)C2)CC1. The molecule has 0 unspecified atom stereocenters. The lowest BCUT2D eigenvalue weighted by Crippen LogP contribution is -2.55. The van der Waals surface area contributed by atoms with E-state index >= 15 is 0 Å².